The van der Waals surface area contributed by atoms with E-state index in [1.54, 1.807) is 0 Å². The molecule has 0 radical (unpaired) electrons. The van der Waals surface area contributed by atoms with Crippen molar-refractivity contribution in [1.82, 2.24) is 0 Å². The van der Waals surface area contributed by atoms with Gasteiger partial charge in [-0.15, -0.1) is 0 Å². The van der Waals surface area contributed by atoms with E-state index in [-0.39, 0.29) is 0 Å². The van der Waals surface area contributed by atoms with Gasteiger partial charge in [0.05, 0.1) is 26.2 Å². The van der Waals surface area contributed by atoms with Crippen LogP contribution in [-0.2, 0) is 0 Å². The Morgan fingerprint density at radius 2 is 2.00 bits per heavy atom. The fourth-order valence-corrected chi connectivity index (χ4v) is 2.66. The molecule has 1 fully saturated rings. The van der Waals surface area contributed by atoms with Crippen molar-refractivity contribution in [3.63, 3.8) is 0 Å². The van der Waals surface area contributed by atoms with Gasteiger partial charge in [-0.2, -0.15) is 0 Å². The molecule has 0 aliphatic carbocycles. The zero-order valence-corrected chi connectivity index (χ0v) is 9.68. The lowest BCUT2D eigenvalue weighted by Crippen LogP contribution is -2.46. The molecule has 0 saturated carbocycles. The van der Waals surface area contributed by atoms with Gasteiger partial charge in [-0.05, 0) is 19.8 Å². The zero-order valence-electron chi connectivity index (χ0n) is 9.68. The highest BCUT2D eigenvalue weighted by Gasteiger charge is 2.34. The van der Waals surface area contributed by atoms with Crippen LogP contribution in [0.4, 0.5) is 0 Å². The first kappa shape index (κ1) is 11.0. The monoisotopic (exact) mass is 184 g/mol. The summed E-state index contributed by atoms with van der Waals surface area (Å²) in [6, 6.07) is 0. The fraction of sp³-hybridized carbons (Fsp3) is 1.00. The largest absolute Gasteiger partial charge is 0.324 e. The van der Waals surface area contributed by atoms with Crippen LogP contribution in [0.25, 0.3) is 0 Å². The highest BCUT2D eigenvalue weighted by atomic mass is 15.4. The summed E-state index contributed by atoms with van der Waals surface area (Å²) in [5, 5.41) is 0. The molecule has 0 spiro atoms. The molecule has 1 aliphatic rings. The van der Waals surface area contributed by atoms with Gasteiger partial charge < -0.3 is 4.48 Å². The van der Waals surface area contributed by atoms with Crippen LogP contribution in [0.15, 0.2) is 0 Å². The molecule has 13 heavy (non-hydrogen) atoms. The molecule has 0 aromatic rings. The Bertz CT molecular complexity index is 144. The Morgan fingerprint density at radius 3 is 2.46 bits per heavy atom. The first-order valence-electron chi connectivity index (χ1n) is 6.11. The quantitative estimate of drug-likeness (QED) is 0.576. The van der Waals surface area contributed by atoms with Crippen molar-refractivity contribution < 1.29 is 4.48 Å². The number of hydrogen-bond acceptors (Lipinski definition) is 0. The summed E-state index contributed by atoms with van der Waals surface area (Å²) in [5.74, 6) is 1.02. The minimum atomic E-state index is 1.02. The van der Waals surface area contributed by atoms with Crippen molar-refractivity contribution in [2.75, 3.05) is 26.2 Å². The fourth-order valence-electron chi connectivity index (χ4n) is 2.66. The van der Waals surface area contributed by atoms with Crippen molar-refractivity contribution in [3.05, 3.63) is 0 Å². The summed E-state index contributed by atoms with van der Waals surface area (Å²) in [5.41, 5.74) is 0. The van der Waals surface area contributed by atoms with Crippen LogP contribution in [0.5, 0.6) is 0 Å². The minimum Gasteiger partial charge on any atom is -0.324 e. The van der Waals surface area contributed by atoms with E-state index in [0.717, 1.165) is 5.92 Å². The predicted octanol–water partition coefficient (Wildman–Crippen LogP) is 3.05. The normalized spacial score (nSPS) is 33.9. The van der Waals surface area contributed by atoms with Crippen LogP contribution in [-0.4, -0.2) is 30.7 Å². The van der Waals surface area contributed by atoms with E-state index in [9.17, 15) is 0 Å². The average Bonchev–Trinajstić information content (AvgIpc) is 2.59. The maximum absolute atomic E-state index is 2.37. The third kappa shape index (κ3) is 2.70. The van der Waals surface area contributed by atoms with Crippen molar-refractivity contribution >= 4 is 0 Å². The van der Waals surface area contributed by atoms with Crippen LogP contribution in [0.3, 0.4) is 0 Å². The topological polar surface area (TPSA) is 0 Å². The summed E-state index contributed by atoms with van der Waals surface area (Å²) < 4.78 is 1.42. The standard InChI is InChI=1S/C12H26N/c1-4-7-9-13(6-3)10-8-12(5-2)11-13/h12H,4-11H2,1-3H3/q+1. The number of rotatable bonds is 5. The highest BCUT2D eigenvalue weighted by Crippen LogP contribution is 2.27. The first-order valence-corrected chi connectivity index (χ1v) is 6.11. The van der Waals surface area contributed by atoms with Crippen molar-refractivity contribution in [1.29, 1.82) is 0 Å². The van der Waals surface area contributed by atoms with E-state index in [0.29, 0.717) is 0 Å². The van der Waals surface area contributed by atoms with Crippen LogP contribution in [0.2, 0.25) is 0 Å². The van der Waals surface area contributed by atoms with Gasteiger partial charge in [0.15, 0.2) is 0 Å². The van der Waals surface area contributed by atoms with Gasteiger partial charge in [0.25, 0.3) is 0 Å². The van der Waals surface area contributed by atoms with Crippen molar-refractivity contribution in [2.24, 2.45) is 5.92 Å². The number of quaternary nitrogens is 1. The van der Waals surface area contributed by atoms with Gasteiger partial charge in [-0.3, -0.25) is 0 Å². The molecule has 0 amide bonds. The maximum atomic E-state index is 2.37. The smallest absolute Gasteiger partial charge is 0.0817 e. The van der Waals surface area contributed by atoms with Crippen LogP contribution < -0.4 is 0 Å². The van der Waals surface area contributed by atoms with Gasteiger partial charge in [0.1, 0.15) is 0 Å². The Balaban J connectivity index is 2.42. The maximum Gasteiger partial charge on any atom is 0.0817 e. The second-order valence-corrected chi connectivity index (χ2v) is 4.70. The molecule has 2 unspecified atom stereocenters. The van der Waals surface area contributed by atoms with Crippen LogP contribution in [0, 0.1) is 5.92 Å². The average molecular weight is 184 g/mol. The molecule has 1 aliphatic heterocycles. The van der Waals surface area contributed by atoms with Gasteiger partial charge in [-0.25, -0.2) is 0 Å². The number of nitrogens with zero attached hydrogens (tertiary/aromatic N) is 1. The van der Waals surface area contributed by atoms with E-state index in [2.05, 4.69) is 20.8 Å². The van der Waals surface area contributed by atoms with Crippen molar-refractivity contribution in [3.8, 4) is 0 Å². The number of unbranched alkanes of at least 4 members (excludes halogenated alkanes) is 1. The molecule has 0 N–H and O–H groups in total. The molecule has 0 aromatic heterocycles. The van der Waals surface area contributed by atoms with Gasteiger partial charge >= 0.3 is 0 Å². The molecule has 1 saturated heterocycles. The second-order valence-electron chi connectivity index (χ2n) is 4.70. The van der Waals surface area contributed by atoms with Gasteiger partial charge in [-0.1, -0.05) is 20.3 Å². The third-order valence-electron chi connectivity index (χ3n) is 3.89. The van der Waals surface area contributed by atoms with Crippen LogP contribution >= 0.6 is 0 Å². The second kappa shape index (κ2) is 4.99. The molecular formula is C12H26N+. The number of hydrogen-bond donors (Lipinski definition) is 0. The summed E-state index contributed by atoms with van der Waals surface area (Å²) >= 11 is 0. The van der Waals surface area contributed by atoms with E-state index in [1.165, 1.54) is 56.3 Å². The predicted molar refractivity (Wildman–Crippen MR) is 58.7 cm³/mol. The first-order chi connectivity index (χ1) is 6.26. The summed E-state index contributed by atoms with van der Waals surface area (Å²) in [6.45, 7) is 12.7. The molecule has 2 atom stereocenters. The number of likely N-dealkylation sites (tertiary alicyclic amines) is 1. The molecule has 0 bridgehead atoms. The van der Waals surface area contributed by atoms with E-state index in [4.69, 9.17) is 0 Å². The van der Waals surface area contributed by atoms with Crippen molar-refractivity contribution in [2.45, 2.75) is 46.5 Å². The summed E-state index contributed by atoms with van der Waals surface area (Å²) in [7, 11) is 0. The molecule has 0 aromatic carbocycles. The minimum absolute atomic E-state index is 1.02. The molecule has 78 valence electrons. The summed E-state index contributed by atoms with van der Waals surface area (Å²) in [6.07, 6.45) is 5.65. The molecule has 1 nitrogen and oxygen atoms in total. The molecule has 1 heterocycles. The lowest BCUT2D eigenvalue weighted by molar-refractivity contribution is -0.916. The van der Waals surface area contributed by atoms with E-state index in [1.807, 2.05) is 0 Å². The lowest BCUT2D eigenvalue weighted by Gasteiger charge is -2.33. The molecule has 1 heteroatoms. The Labute approximate surface area is 83.7 Å². The van der Waals surface area contributed by atoms with E-state index < -0.39 is 0 Å². The SMILES string of the molecule is CCCC[N+]1(CC)CCC(CC)C1. The third-order valence-corrected chi connectivity index (χ3v) is 3.89. The van der Waals surface area contributed by atoms with E-state index >= 15 is 0 Å². The lowest BCUT2D eigenvalue weighted by atomic mass is 10.1. The summed E-state index contributed by atoms with van der Waals surface area (Å²) in [4.78, 5) is 0. The van der Waals surface area contributed by atoms with Gasteiger partial charge in [0.2, 0.25) is 0 Å². The molecule has 1 rings (SSSR count). The Hall–Kier alpha value is -0.0400. The van der Waals surface area contributed by atoms with Gasteiger partial charge in [0, 0.05) is 12.3 Å². The zero-order chi connectivity index (χ0) is 9.73. The van der Waals surface area contributed by atoms with Crippen LogP contribution in [0.1, 0.15) is 46.5 Å². The Morgan fingerprint density at radius 1 is 1.23 bits per heavy atom. The molecular weight excluding hydrogens is 158 g/mol. The Kier molecular flexibility index (Phi) is 4.24. The highest BCUT2D eigenvalue weighted by molar-refractivity contribution is 4.65.